The quantitative estimate of drug-likeness (QED) is 0.646. The second-order valence-corrected chi connectivity index (χ2v) is 3.98. The minimum absolute atomic E-state index is 0.111. The fourth-order valence-corrected chi connectivity index (χ4v) is 1.72. The number of rotatable bonds is 4. The van der Waals surface area contributed by atoms with Gasteiger partial charge in [-0.1, -0.05) is 36.4 Å². The maximum atomic E-state index is 9.08. The van der Waals surface area contributed by atoms with Crippen molar-refractivity contribution in [1.29, 1.82) is 10.7 Å². The molecule has 0 bridgehead atoms. The lowest BCUT2D eigenvalue weighted by atomic mass is 10.1. The summed E-state index contributed by atoms with van der Waals surface area (Å²) >= 11 is 0. The number of ether oxygens (including phenoxy) is 1. The summed E-state index contributed by atoms with van der Waals surface area (Å²) in [6, 6.07) is 16.7. The second-order valence-electron chi connectivity index (χ2n) is 3.98. The average Bonchev–Trinajstić information content (AvgIpc) is 2.45. The number of nitrogen functional groups attached to an aromatic ring is 1. The zero-order chi connectivity index (χ0) is 13.7. The Morgan fingerprint density at radius 3 is 2.53 bits per heavy atom. The van der Waals surface area contributed by atoms with E-state index in [1.54, 1.807) is 18.2 Å². The van der Waals surface area contributed by atoms with E-state index in [-0.39, 0.29) is 5.84 Å². The van der Waals surface area contributed by atoms with Crippen molar-refractivity contribution >= 4 is 5.84 Å². The van der Waals surface area contributed by atoms with Gasteiger partial charge in [-0.3, -0.25) is 5.41 Å². The Bertz CT molecular complexity index is 630. The maximum Gasteiger partial charge on any atom is 0.148 e. The Balaban J connectivity index is 2.29. The Morgan fingerprint density at radius 2 is 1.89 bits per heavy atom. The number of nitriles is 1. The molecule has 0 amide bonds. The SMILES string of the molecule is N#Cc1cccc(C(=N)N)c1OCc1ccccc1. The first-order valence-electron chi connectivity index (χ1n) is 5.76. The number of benzene rings is 2. The van der Waals surface area contributed by atoms with E-state index in [0.717, 1.165) is 5.56 Å². The summed E-state index contributed by atoms with van der Waals surface area (Å²) in [5.41, 5.74) is 7.31. The third-order valence-corrected chi connectivity index (χ3v) is 2.65. The molecule has 3 N–H and O–H groups in total. The number of amidine groups is 1. The minimum Gasteiger partial charge on any atom is -0.487 e. The van der Waals surface area contributed by atoms with Crippen molar-refractivity contribution in [1.82, 2.24) is 0 Å². The normalized spacial score (nSPS) is 9.63. The van der Waals surface area contributed by atoms with E-state index in [1.807, 2.05) is 36.4 Å². The maximum absolute atomic E-state index is 9.08. The van der Waals surface area contributed by atoms with E-state index < -0.39 is 0 Å². The van der Waals surface area contributed by atoms with Crippen LogP contribution < -0.4 is 10.5 Å². The lowest BCUT2D eigenvalue weighted by molar-refractivity contribution is 0.304. The fraction of sp³-hybridized carbons (Fsp3) is 0.0667. The van der Waals surface area contributed by atoms with E-state index >= 15 is 0 Å². The summed E-state index contributed by atoms with van der Waals surface area (Å²) in [6.07, 6.45) is 0. The van der Waals surface area contributed by atoms with Crippen LogP contribution in [-0.2, 0) is 6.61 Å². The molecule has 0 saturated heterocycles. The van der Waals surface area contributed by atoms with E-state index in [4.69, 9.17) is 21.1 Å². The summed E-state index contributed by atoms with van der Waals surface area (Å²) in [5, 5.41) is 16.6. The number of nitrogens with one attached hydrogen (secondary N) is 1. The molecule has 2 rings (SSSR count). The van der Waals surface area contributed by atoms with E-state index in [1.165, 1.54) is 0 Å². The molecule has 0 heterocycles. The lowest BCUT2D eigenvalue weighted by Crippen LogP contribution is -2.14. The van der Waals surface area contributed by atoms with Crippen LogP contribution in [0.4, 0.5) is 0 Å². The van der Waals surface area contributed by atoms with Gasteiger partial charge in [0.25, 0.3) is 0 Å². The molecule has 0 saturated carbocycles. The van der Waals surface area contributed by atoms with E-state index in [0.29, 0.717) is 23.5 Å². The number of nitrogens with zero attached hydrogens (tertiary/aromatic N) is 1. The van der Waals surface area contributed by atoms with Crippen LogP contribution in [0.15, 0.2) is 48.5 Å². The van der Waals surface area contributed by atoms with Crippen LogP contribution in [0.25, 0.3) is 0 Å². The van der Waals surface area contributed by atoms with Gasteiger partial charge in [0.1, 0.15) is 24.3 Å². The molecule has 4 heteroatoms. The summed E-state index contributed by atoms with van der Waals surface area (Å²) < 4.78 is 5.66. The molecule has 19 heavy (non-hydrogen) atoms. The predicted molar refractivity (Wildman–Crippen MR) is 72.9 cm³/mol. The molecule has 0 spiro atoms. The molecule has 0 atom stereocenters. The van der Waals surface area contributed by atoms with E-state index in [9.17, 15) is 0 Å². The van der Waals surface area contributed by atoms with Crippen LogP contribution in [0.3, 0.4) is 0 Å². The van der Waals surface area contributed by atoms with Gasteiger partial charge in [0, 0.05) is 0 Å². The minimum atomic E-state index is -0.111. The van der Waals surface area contributed by atoms with Gasteiger partial charge in [0.05, 0.1) is 11.1 Å². The van der Waals surface area contributed by atoms with Crippen LogP contribution in [0.5, 0.6) is 5.75 Å². The van der Waals surface area contributed by atoms with Crippen molar-refractivity contribution in [2.75, 3.05) is 0 Å². The third-order valence-electron chi connectivity index (χ3n) is 2.65. The lowest BCUT2D eigenvalue weighted by Gasteiger charge is -2.12. The summed E-state index contributed by atoms with van der Waals surface area (Å²) in [6.45, 7) is 0.333. The molecule has 0 radical (unpaired) electrons. The number of hydrogen-bond acceptors (Lipinski definition) is 3. The van der Waals surface area contributed by atoms with Crippen LogP contribution >= 0.6 is 0 Å². The highest BCUT2D eigenvalue weighted by Gasteiger charge is 2.11. The van der Waals surface area contributed by atoms with Crippen molar-refractivity contribution in [3.8, 4) is 11.8 Å². The van der Waals surface area contributed by atoms with Crippen LogP contribution in [-0.4, -0.2) is 5.84 Å². The van der Waals surface area contributed by atoms with Crippen LogP contribution in [0, 0.1) is 16.7 Å². The average molecular weight is 251 g/mol. The van der Waals surface area contributed by atoms with Gasteiger partial charge in [-0.25, -0.2) is 0 Å². The molecule has 0 aliphatic heterocycles. The molecule has 0 aliphatic rings. The predicted octanol–water partition coefficient (Wildman–Crippen LogP) is 2.42. The van der Waals surface area contributed by atoms with Gasteiger partial charge in [-0.2, -0.15) is 5.26 Å². The molecule has 2 aromatic rings. The van der Waals surface area contributed by atoms with Gasteiger partial charge in [-0.15, -0.1) is 0 Å². The van der Waals surface area contributed by atoms with Crippen LogP contribution in [0.1, 0.15) is 16.7 Å². The smallest absolute Gasteiger partial charge is 0.148 e. The molecular formula is C15H13N3O. The third kappa shape index (κ3) is 2.90. The molecule has 0 unspecified atom stereocenters. The molecule has 0 fully saturated rings. The van der Waals surface area contributed by atoms with Crippen molar-refractivity contribution < 1.29 is 4.74 Å². The molecule has 0 aliphatic carbocycles. The largest absolute Gasteiger partial charge is 0.487 e. The van der Waals surface area contributed by atoms with Gasteiger partial charge < -0.3 is 10.5 Å². The number of nitrogens with two attached hydrogens (primary N) is 1. The summed E-state index contributed by atoms with van der Waals surface area (Å²) in [4.78, 5) is 0. The van der Waals surface area contributed by atoms with E-state index in [2.05, 4.69) is 0 Å². The first-order valence-corrected chi connectivity index (χ1v) is 5.76. The zero-order valence-corrected chi connectivity index (χ0v) is 10.3. The second kappa shape index (κ2) is 5.69. The van der Waals surface area contributed by atoms with Gasteiger partial charge in [0.15, 0.2) is 0 Å². The molecular weight excluding hydrogens is 238 g/mol. The Labute approximate surface area is 111 Å². The zero-order valence-electron chi connectivity index (χ0n) is 10.3. The van der Waals surface area contributed by atoms with Crippen LogP contribution in [0.2, 0.25) is 0 Å². The topological polar surface area (TPSA) is 82.9 Å². The Kier molecular flexibility index (Phi) is 3.79. The summed E-state index contributed by atoms with van der Waals surface area (Å²) in [7, 11) is 0. The number of para-hydroxylation sites is 1. The monoisotopic (exact) mass is 251 g/mol. The highest BCUT2D eigenvalue weighted by atomic mass is 16.5. The highest BCUT2D eigenvalue weighted by molar-refractivity contribution is 5.98. The highest BCUT2D eigenvalue weighted by Crippen LogP contribution is 2.24. The van der Waals surface area contributed by atoms with Crippen molar-refractivity contribution in [2.45, 2.75) is 6.61 Å². The Hall–Kier alpha value is -2.80. The molecule has 94 valence electrons. The van der Waals surface area contributed by atoms with Gasteiger partial charge >= 0.3 is 0 Å². The van der Waals surface area contributed by atoms with Crippen molar-refractivity contribution in [2.24, 2.45) is 5.73 Å². The first kappa shape index (κ1) is 12.7. The van der Waals surface area contributed by atoms with Crippen molar-refractivity contribution in [3.63, 3.8) is 0 Å². The first-order chi connectivity index (χ1) is 9.22. The number of hydrogen-bond donors (Lipinski definition) is 2. The van der Waals surface area contributed by atoms with Gasteiger partial charge in [-0.05, 0) is 17.7 Å². The summed E-state index contributed by atoms with van der Waals surface area (Å²) in [5.74, 6) is 0.251. The fourth-order valence-electron chi connectivity index (χ4n) is 1.72. The molecule has 0 aromatic heterocycles. The molecule has 2 aromatic carbocycles. The molecule has 4 nitrogen and oxygen atoms in total. The Morgan fingerprint density at radius 1 is 1.16 bits per heavy atom. The van der Waals surface area contributed by atoms with Gasteiger partial charge in [0.2, 0.25) is 0 Å². The van der Waals surface area contributed by atoms with Crippen molar-refractivity contribution in [3.05, 3.63) is 65.2 Å². The standard InChI is InChI=1S/C15H13N3O/c16-9-12-7-4-8-13(15(17)18)14(12)19-10-11-5-2-1-3-6-11/h1-8H,10H2,(H3,17,18).